The van der Waals surface area contributed by atoms with Gasteiger partial charge in [-0.3, -0.25) is 4.72 Å². The van der Waals surface area contributed by atoms with Gasteiger partial charge < -0.3 is 9.52 Å². The van der Waals surface area contributed by atoms with Gasteiger partial charge in [-0.25, -0.2) is 13.2 Å². The molecule has 0 saturated carbocycles. The van der Waals surface area contributed by atoms with Crippen molar-refractivity contribution in [1.82, 2.24) is 0 Å². The first kappa shape index (κ1) is 24.5. The molecule has 1 unspecified atom stereocenters. The summed E-state index contributed by atoms with van der Waals surface area (Å²) >= 11 is 0. The van der Waals surface area contributed by atoms with Gasteiger partial charge in [0.25, 0.3) is 10.0 Å². The molecule has 4 rings (SSSR count). The van der Waals surface area contributed by atoms with E-state index in [1.54, 1.807) is 43.3 Å². The molecule has 1 atom stereocenters. The normalized spacial score (nSPS) is 13.1. The van der Waals surface area contributed by atoms with Gasteiger partial charge in [0.1, 0.15) is 5.58 Å². The molecule has 0 aliphatic rings. The minimum atomic E-state index is -4.72. The summed E-state index contributed by atoms with van der Waals surface area (Å²) in [4.78, 5) is 11.5. The molecule has 0 saturated heterocycles. The zero-order chi connectivity index (χ0) is 25.4. The maximum absolute atomic E-state index is 13.4. The Morgan fingerprint density at radius 2 is 1.66 bits per heavy atom. The molecular formula is C25H20F3NO5S. The minimum absolute atomic E-state index is 0.00310. The van der Waals surface area contributed by atoms with Crippen molar-refractivity contribution in [2.45, 2.75) is 30.5 Å². The van der Waals surface area contributed by atoms with Crippen LogP contribution in [0.3, 0.4) is 0 Å². The number of aliphatic hydroxyl groups excluding tert-OH is 1. The van der Waals surface area contributed by atoms with Gasteiger partial charge in [0, 0.05) is 17.1 Å². The van der Waals surface area contributed by atoms with Gasteiger partial charge in [-0.2, -0.15) is 13.2 Å². The van der Waals surface area contributed by atoms with Crippen LogP contribution in [0.15, 0.2) is 86.9 Å². The molecule has 182 valence electrons. The molecule has 35 heavy (non-hydrogen) atoms. The van der Waals surface area contributed by atoms with E-state index >= 15 is 0 Å². The zero-order valence-electron chi connectivity index (χ0n) is 18.3. The van der Waals surface area contributed by atoms with E-state index in [9.17, 15) is 31.5 Å². The lowest BCUT2D eigenvalue weighted by molar-refractivity contribution is -0.136. The lowest BCUT2D eigenvalue weighted by atomic mass is 10.0. The molecule has 6 nitrogen and oxygen atoms in total. The Morgan fingerprint density at radius 3 is 2.31 bits per heavy atom. The number of anilines is 1. The van der Waals surface area contributed by atoms with E-state index in [-0.39, 0.29) is 22.3 Å². The van der Waals surface area contributed by atoms with Crippen LogP contribution in [-0.2, 0) is 22.6 Å². The van der Waals surface area contributed by atoms with Crippen molar-refractivity contribution in [3.05, 3.63) is 105 Å². The molecule has 0 aliphatic heterocycles. The van der Waals surface area contributed by atoms with Crippen molar-refractivity contribution in [3.63, 3.8) is 0 Å². The highest BCUT2D eigenvalue weighted by Crippen LogP contribution is 2.34. The monoisotopic (exact) mass is 503 g/mol. The molecule has 10 heteroatoms. The van der Waals surface area contributed by atoms with Crippen LogP contribution in [0.2, 0.25) is 0 Å². The molecule has 3 aromatic carbocycles. The van der Waals surface area contributed by atoms with Crippen molar-refractivity contribution < 1.29 is 31.1 Å². The van der Waals surface area contributed by atoms with Crippen LogP contribution in [0, 0.1) is 0 Å². The minimum Gasteiger partial charge on any atom is -0.423 e. The van der Waals surface area contributed by atoms with Gasteiger partial charge in [0.05, 0.1) is 16.6 Å². The molecule has 1 aromatic heterocycles. The van der Waals surface area contributed by atoms with Gasteiger partial charge in [0.15, 0.2) is 0 Å². The van der Waals surface area contributed by atoms with Crippen molar-refractivity contribution >= 4 is 26.7 Å². The topological polar surface area (TPSA) is 96.6 Å². The molecule has 0 spiro atoms. The summed E-state index contributed by atoms with van der Waals surface area (Å²) in [5.41, 5.74) is -0.260. The quantitative estimate of drug-likeness (QED) is 0.350. The first-order valence-corrected chi connectivity index (χ1v) is 11.9. The fourth-order valence-electron chi connectivity index (χ4n) is 3.65. The van der Waals surface area contributed by atoms with E-state index < -0.39 is 33.5 Å². The molecule has 4 aromatic rings. The first-order valence-electron chi connectivity index (χ1n) is 10.5. The van der Waals surface area contributed by atoms with E-state index in [2.05, 4.69) is 4.72 Å². The van der Waals surface area contributed by atoms with Crippen LogP contribution >= 0.6 is 0 Å². The molecule has 0 fully saturated rings. The Kier molecular flexibility index (Phi) is 6.44. The Hall–Kier alpha value is -3.63. The SMILES string of the molecule is CC(O)c1cccc(NS(=O)(=O)c2ccc(Cc3ccc4oc(=O)cc(C(F)(F)F)c4c3)cc2)c1. The van der Waals surface area contributed by atoms with Crippen LogP contribution in [-0.4, -0.2) is 13.5 Å². The van der Waals surface area contributed by atoms with Gasteiger partial charge in [-0.15, -0.1) is 0 Å². The lowest BCUT2D eigenvalue weighted by Gasteiger charge is -2.12. The van der Waals surface area contributed by atoms with Crippen LogP contribution in [0.25, 0.3) is 11.0 Å². The molecule has 1 heterocycles. The highest BCUT2D eigenvalue weighted by atomic mass is 32.2. The predicted octanol–water partition coefficient (Wildman–Crippen LogP) is 5.26. The van der Waals surface area contributed by atoms with Crippen molar-refractivity contribution in [3.8, 4) is 0 Å². The van der Waals surface area contributed by atoms with Crippen LogP contribution in [0.4, 0.5) is 18.9 Å². The number of aliphatic hydroxyl groups is 1. The van der Waals surface area contributed by atoms with Crippen molar-refractivity contribution in [1.29, 1.82) is 0 Å². The third-order valence-corrected chi connectivity index (χ3v) is 6.77. The fraction of sp³-hybridized carbons (Fsp3) is 0.160. The van der Waals surface area contributed by atoms with Crippen LogP contribution in [0.5, 0.6) is 0 Å². The molecule has 2 N–H and O–H groups in total. The number of hydrogen-bond acceptors (Lipinski definition) is 5. The second kappa shape index (κ2) is 9.20. The summed E-state index contributed by atoms with van der Waals surface area (Å²) in [6.45, 7) is 1.57. The highest BCUT2D eigenvalue weighted by molar-refractivity contribution is 7.92. The van der Waals surface area contributed by atoms with Crippen molar-refractivity contribution in [2.24, 2.45) is 0 Å². The second-order valence-corrected chi connectivity index (χ2v) is 9.72. The summed E-state index contributed by atoms with van der Waals surface area (Å²) in [6, 6.07) is 16.9. The second-order valence-electron chi connectivity index (χ2n) is 8.04. The predicted molar refractivity (Wildman–Crippen MR) is 125 cm³/mol. The summed E-state index contributed by atoms with van der Waals surface area (Å²) in [6.07, 6.45) is -5.24. The smallest absolute Gasteiger partial charge is 0.417 e. The summed E-state index contributed by atoms with van der Waals surface area (Å²) in [5, 5.41) is 9.46. The Labute approximate surface area is 198 Å². The van der Waals surface area contributed by atoms with Crippen LogP contribution in [0.1, 0.15) is 35.3 Å². The Balaban J connectivity index is 1.57. The fourth-order valence-corrected chi connectivity index (χ4v) is 4.70. The summed E-state index contributed by atoms with van der Waals surface area (Å²) < 4.78 is 73.0. The van der Waals surface area contributed by atoms with E-state index in [4.69, 9.17) is 4.42 Å². The van der Waals surface area contributed by atoms with Gasteiger partial charge in [-0.1, -0.05) is 30.3 Å². The lowest BCUT2D eigenvalue weighted by Crippen LogP contribution is -2.13. The van der Waals surface area contributed by atoms with Crippen LogP contribution < -0.4 is 10.3 Å². The number of benzene rings is 3. The maximum atomic E-state index is 13.4. The number of hydrogen-bond donors (Lipinski definition) is 2. The molecule has 0 bridgehead atoms. The molecular weight excluding hydrogens is 483 g/mol. The number of nitrogens with one attached hydrogen (secondary N) is 1. The largest absolute Gasteiger partial charge is 0.423 e. The van der Waals surface area contributed by atoms with Gasteiger partial charge >= 0.3 is 11.8 Å². The number of rotatable bonds is 6. The summed E-state index contributed by atoms with van der Waals surface area (Å²) in [5.74, 6) is 0. The highest BCUT2D eigenvalue weighted by Gasteiger charge is 2.33. The third kappa shape index (κ3) is 5.55. The number of alkyl halides is 3. The maximum Gasteiger partial charge on any atom is 0.417 e. The molecule has 0 radical (unpaired) electrons. The molecule has 0 amide bonds. The Bertz CT molecular complexity index is 1540. The average Bonchev–Trinajstić information content (AvgIpc) is 2.78. The van der Waals surface area contributed by atoms with E-state index in [1.807, 2.05) is 0 Å². The number of sulfonamides is 1. The number of halogens is 3. The first-order chi connectivity index (χ1) is 16.4. The Morgan fingerprint density at radius 1 is 0.971 bits per heavy atom. The standard InChI is InChI=1S/C25H20F3NO5S/c1-15(30)18-3-2-4-19(13-18)29-35(32,33)20-8-5-16(6-9-20)11-17-7-10-23-21(12-17)22(25(26,27)28)14-24(31)34-23/h2-10,12-15,29-30H,11H2,1H3. The van der Waals surface area contributed by atoms with E-state index in [0.29, 0.717) is 28.4 Å². The third-order valence-electron chi connectivity index (χ3n) is 5.38. The van der Waals surface area contributed by atoms with Gasteiger partial charge in [-0.05, 0) is 66.4 Å². The summed E-state index contributed by atoms with van der Waals surface area (Å²) in [7, 11) is -3.90. The zero-order valence-corrected chi connectivity index (χ0v) is 19.2. The molecule has 0 aliphatic carbocycles. The number of fused-ring (bicyclic) bond motifs is 1. The van der Waals surface area contributed by atoms with E-state index in [1.165, 1.54) is 30.3 Å². The average molecular weight is 503 g/mol. The van der Waals surface area contributed by atoms with Crippen molar-refractivity contribution in [2.75, 3.05) is 4.72 Å². The van der Waals surface area contributed by atoms with E-state index in [0.717, 1.165) is 0 Å². The van der Waals surface area contributed by atoms with Gasteiger partial charge in [0.2, 0.25) is 0 Å².